The van der Waals surface area contributed by atoms with Crippen LogP contribution in [0.3, 0.4) is 0 Å². The summed E-state index contributed by atoms with van der Waals surface area (Å²) in [6.45, 7) is 1.54. The molecule has 1 aliphatic carbocycles. The first-order valence-corrected chi connectivity index (χ1v) is 12.1. The van der Waals surface area contributed by atoms with Gasteiger partial charge >= 0.3 is 5.69 Å². The summed E-state index contributed by atoms with van der Waals surface area (Å²) in [7, 11) is 1.30. The second-order valence-electron chi connectivity index (χ2n) is 8.80. The average molecular weight is 502 g/mol. The smallest absolute Gasteiger partial charge is 0.311 e. The summed E-state index contributed by atoms with van der Waals surface area (Å²) in [5.41, 5.74) is 0.449. The minimum atomic E-state index is -0.737. The Bertz CT molecular complexity index is 1060. The average Bonchev–Trinajstić information content (AvgIpc) is 2.88. The Labute approximate surface area is 209 Å². The van der Waals surface area contributed by atoms with Crippen molar-refractivity contribution in [2.75, 3.05) is 13.7 Å². The van der Waals surface area contributed by atoms with Crippen molar-refractivity contribution in [2.45, 2.75) is 64.1 Å². The van der Waals surface area contributed by atoms with Crippen LogP contribution in [0, 0.1) is 15.9 Å². The third kappa shape index (κ3) is 7.16. The van der Waals surface area contributed by atoms with E-state index in [1.165, 1.54) is 42.3 Å². The normalized spacial score (nSPS) is 14.5. The molecule has 2 amide bonds. The molecule has 1 fully saturated rings. The van der Waals surface area contributed by atoms with Gasteiger partial charge in [0.2, 0.25) is 11.7 Å². The number of nitrogens with one attached hydrogen (secondary N) is 1. The van der Waals surface area contributed by atoms with Crippen molar-refractivity contribution in [1.82, 2.24) is 10.2 Å². The van der Waals surface area contributed by atoms with E-state index in [4.69, 9.17) is 9.47 Å². The number of ether oxygens (including phenoxy) is 2. The van der Waals surface area contributed by atoms with E-state index in [-0.39, 0.29) is 35.7 Å². The zero-order chi connectivity index (χ0) is 26.1. The van der Waals surface area contributed by atoms with E-state index >= 15 is 0 Å². The number of carbonyl (C=O) groups is 2. The number of carbonyl (C=O) groups excluding carboxylic acids is 2. The molecule has 0 bridgehead atoms. The molecule has 1 saturated carbocycles. The van der Waals surface area contributed by atoms with E-state index in [1.54, 1.807) is 12.1 Å². The zero-order valence-corrected chi connectivity index (χ0v) is 20.6. The van der Waals surface area contributed by atoms with E-state index in [2.05, 4.69) is 5.32 Å². The predicted molar refractivity (Wildman–Crippen MR) is 131 cm³/mol. The van der Waals surface area contributed by atoms with Crippen molar-refractivity contribution < 1.29 is 28.4 Å². The highest BCUT2D eigenvalue weighted by Gasteiger charge is 2.30. The number of hydrogen-bond donors (Lipinski definition) is 1. The number of rotatable bonds is 11. The monoisotopic (exact) mass is 501 g/mol. The Morgan fingerprint density at radius 3 is 2.47 bits per heavy atom. The van der Waals surface area contributed by atoms with Crippen molar-refractivity contribution in [3.63, 3.8) is 0 Å². The highest BCUT2D eigenvalue weighted by Crippen LogP contribution is 2.31. The molecule has 3 rings (SSSR count). The van der Waals surface area contributed by atoms with Crippen LogP contribution in [0.5, 0.6) is 11.5 Å². The molecule has 0 spiro atoms. The zero-order valence-electron chi connectivity index (χ0n) is 20.6. The molecule has 1 unspecified atom stereocenters. The fourth-order valence-corrected chi connectivity index (χ4v) is 4.38. The molecule has 0 aromatic heterocycles. The van der Waals surface area contributed by atoms with Crippen LogP contribution in [-0.2, 0) is 16.1 Å². The van der Waals surface area contributed by atoms with Crippen molar-refractivity contribution in [2.24, 2.45) is 0 Å². The maximum absolute atomic E-state index is 13.4. The SMILES string of the molecule is CCC(C(=O)NC1CCCCC1)N(Cc1ccc(F)cc1)C(=O)COc1ccc([N+](=O)[O-])c(OC)c1. The molecular formula is C26H32FN3O6. The Morgan fingerprint density at radius 1 is 1.17 bits per heavy atom. The fourth-order valence-electron chi connectivity index (χ4n) is 4.38. The lowest BCUT2D eigenvalue weighted by Gasteiger charge is -2.32. The van der Waals surface area contributed by atoms with Crippen molar-refractivity contribution in [3.05, 3.63) is 64.0 Å². The molecule has 36 heavy (non-hydrogen) atoms. The molecule has 194 valence electrons. The lowest BCUT2D eigenvalue weighted by atomic mass is 9.95. The van der Waals surface area contributed by atoms with Crippen LogP contribution in [0.2, 0.25) is 0 Å². The minimum Gasteiger partial charge on any atom is -0.490 e. The number of nitro groups is 1. The predicted octanol–water partition coefficient (Wildman–Crippen LogP) is 4.38. The van der Waals surface area contributed by atoms with Gasteiger partial charge in [-0.2, -0.15) is 0 Å². The highest BCUT2D eigenvalue weighted by molar-refractivity contribution is 5.88. The van der Waals surface area contributed by atoms with Crippen LogP contribution in [0.4, 0.5) is 10.1 Å². The van der Waals surface area contributed by atoms with Gasteiger partial charge in [0.25, 0.3) is 5.91 Å². The van der Waals surface area contributed by atoms with Gasteiger partial charge in [0, 0.05) is 24.7 Å². The summed E-state index contributed by atoms with van der Waals surface area (Å²) >= 11 is 0. The number of methoxy groups -OCH3 is 1. The second-order valence-corrected chi connectivity index (χ2v) is 8.80. The first-order valence-electron chi connectivity index (χ1n) is 12.1. The van der Waals surface area contributed by atoms with Gasteiger partial charge in [-0.05, 0) is 43.0 Å². The third-order valence-corrected chi connectivity index (χ3v) is 6.31. The summed E-state index contributed by atoms with van der Waals surface area (Å²) < 4.78 is 24.1. The maximum atomic E-state index is 13.4. The molecule has 0 aliphatic heterocycles. The van der Waals surface area contributed by atoms with Crippen LogP contribution >= 0.6 is 0 Å². The van der Waals surface area contributed by atoms with E-state index in [0.29, 0.717) is 12.0 Å². The number of halogens is 1. The van der Waals surface area contributed by atoms with Gasteiger partial charge in [-0.1, -0.05) is 38.3 Å². The highest BCUT2D eigenvalue weighted by atomic mass is 19.1. The van der Waals surface area contributed by atoms with Gasteiger partial charge in [-0.3, -0.25) is 19.7 Å². The summed E-state index contributed by atoms with van der Waals surface area (Å²) in [5.74, 6) is -0.841. The number of hydrogen-bond acceptors (Lipinski definition) is 6. The van der Waals surface area contributed by atoms with Gasteiger partial charge in [-0.25, -0.2) is 4.39 Å². The number of nitro benzene ring substituents is 1. The van der Waals surface area contributed by atoms with E-state index in [9.17, 15) is 24.1 Å². The van der Waals surface area contributed by atoms with Gasteiger partial charge in [-0.15, -0.1) is 0 Å². The minimum absolute atomic E-state index is 0.00594. The summed E-state index contributed by atoms with van der Waals surface area (Å²) in [5, 5.41) is 14.2. The fraction of sp³-hybridized carbons (Fsp3) is 0.462. The van der Waals surface area contributed by atoms with Crippen molar-refractivity contribution in [3.8, 4) is 11.5 Å². The second kappa shape index (κ2) is 12.9. The lowest BCUT2D eigenvalue weighted by Crippen LogP contribution is -2.52. The summed E-state index contributed by atoms with van der Waals surface area (Å²) in [6, 6.07) is 9.07. The van der Waals surface area contributed by atoms with Crippen molar-refractivity contribution in [1.29, 1.82) is 0 Å². The number of benzene rings is 2. The molecular weight excluding hydrogens is 469 g/mol. The Balaban J connectivity index is 1.77. The van der Waals surface area contributed by atoms with Crippen LogP contribution in [-0.4, -0.2) is 47.4 Å². The standard InChI is InChI=1S/C26H32FN3O6/c1-3-22(26(32)28-20-7-5-4-6-8-20)29(16-18-9-11-19(27)12-10-18)25(31)17-36-21-13-14-23(30(33)34)24(15-21)35-2/h9-15,20,22H,3-8,16-17H2,1-2H3,(H,28,32). The molecule has 2 aromatic rings. The summed E-state index contributed by atoms with van der Waals surface area (Å²) in [6.07, 6.45) is 5.50. The van der Waals surface area contributed by atoms with Gasteiger partial charge < -0.3 is 19.7 Å². The van der Waals surface area contributed by atoms with Crippen LogP contribution in [0.1, 0.15) is 51.0 Å². The Kier molecular flexibility index (Phi) is 9.61. The number of amides is 2. The largest absolute Gasteiger partial charge is 0.490 e. The van der Waals surface area contributed by atoms with Crippen LogP contribution in [0.15, 0.2) is 42.5 Å². The molecule has 1 aliphatic rings. The summed E-state index contributed by atoms with van der Waals surface area (Å²) in [4.78, 5) is 38.5. The van der Waals surface area contributed by atoms with Gasteiger partial charge in [0.15, 0.2) is 6.61 Å². The van der Waals surface area contributed by atoms with Gasteiger partial charge in [0.1, 0.15) is 17.6 Å². The first-order chi connectivity index (χ1) is 17.3. The lowest BCUT2D eigenvalue weighted by molar-refractivity contribution is -0.385. The Morgan fingerprint density at radius 2 is 1.86 bits per heavy atom. The van der Waals surface area contributed by atoms with Gasteiger partial charge in [0.05, 0.1) is 12.0 Å². The molecule has 10 heteroatoms. The van der Waals surface area contributed by atoms with E-state index in [0.717, 1.165) is 32.1 Å². The molecule has 2 aromatic carbocycles. The maximum Gasteiger partial charge on any atom is 0.311 e. The molecule has 1 N–H and O–H groups in total. The van der Waals surface area contributed by atoms with E-state index < -0.39 is 29.3 Å². The molecule has 0 saturated heterocycles. The topological polar surface area (TPSA) is 111 Å². The molecule has 0 radical (unpaired) electrons. The number of nitrogens with zero attached hydrogens (tertiary/aromatic N) is 2. The van der Waals surface area contributed by atoms with E-state index in [1.807, 2.05) is 6.92 Å². The molecule has 0 heterocycles. The van der Waals surface area contributed by atoms with Crippen LogP contribution in [0.25, 0.3) is 0 Å². The molecule has 9 nitrogen and oxygen atoms in total. The van der Waals surface area contributed by atoms with Crippen molar-refractivity contribution >= 4 is 17.5 Å². The third-order valence-electron chi connectivity index (χ3n) is 6.31. The molecule has 1 atom stereocenters. The quantitative estimate of drug-likeness (QED) is 0.361. The van der Waals surface area contributed by atoms with Crippen LogP contribution < -0.4 is 14.8 Å². The Hall–Kier alpha value is -3.69. The first kappa shape index (κ1) is 26.9.